The summed E-state index contributed by atoms with van der Waals surface area (Å²) in [6, 6.07) is 6.17. The predicted molar refractivity (Wildman–Crippen MR) is 97.0 cm³/mol. The zero-order chi connectivity index (χ0) is 17.3. The van der Waals surface area contributed by atoms with Crippen LogP contribution in [0.2, 0.25) is 5.02 Å². The van der Waals surface area contributed by atoms with E-state index in [1.54, 1.807) is 0 Å². The number of hydrogen-bond acceptors (Lipinski definition) is 4. The molecule has 1 saturated heterocycles. The van der Waals surface area contributed by atoms with E-state index in [-0.39, 0.29) is 17.7 Å². The summed E-state index contributed by atoms with van der Waals surface area (Å²) < 4.78 is 11.5. The molecule has 6 heteroatoms. The van der Waals surface area contributed by atoms with Gasteiger partial charge in [0.1, 0.15) is 0 Å². The van der Waals surface area contributed by atoms with Crippen molar-refractivity contribution in [1.29, 1.82) is 0 Å². The van der Waals surface area contributed by atoms with Crippen LogP contribution in [0.25, 0.3) is 0 Å². The van der Waals surface area contributed by atoms with Crippen LogP contribution < -0.4 is 10.2 Å². The van der Waals surface area contributed by atoms with Gasteiger partial charge in [0.05, 0.1) is 19.8 Å². The lowest BCUT2D eigenvalue weighted by Crippen LogP contribution is -2.47. The van der Waals surface area contributed by atoms with Gasteiger partial charge in [-0.2, -0.15) is 0 Å². The molecular weight excluding hydrogens is 340 g/mol. The number of rotatable bonds is 3. The minimum absolute atomic E-state index is 0.0945. The predicted octanol–water partition coefficient (Wildman–Crippen LogP) is 2.89. The largest absolute Gasteiger partial charge is 0.362 e. The average Bonchev–Trinajstić information content (AvgIpc) is 3.05. The fraction of sp³-hybridized carbons (Fsp3) is 0.632. The molecule has 1 amide bonds. The third-order valence-corrected chi connectivity index (χ3v) is 5.75. The topological polar surface area (TPSA) is 50.8 Å². The Bertz CT molecular complexity index is 636. The van der Waals surface area contributed by atoms with E-state index in [2.05, 4.69) is 10.2 Å². The van der Waals surface area contributed by atoms with Gasteiger partial charge in [-0.05, 0) is 49.4 Å². The van der Waals surface area contributed by atoms with Crippen LogP contribution in [0.4, 0.5) is 5.69 Å². The number of hydrogen-bond donors (Lipinski definition) is 1. The number of anilines is 1. The van der Waals surface area contributed by atoms with E-state index >= 15 is 0 Å². The summed E-state index contributed by atoms with van der Waals surface area (Å²) in [5, 5.41) is 3.96. The summed E-state index contributed by atoms with van der Waals surface area (Å²) in [5.74, 6) is -0.274. The molecule has 136 valence electrons. The monoisotopic (exact) mass is 364 g/mol. The molecule has 1 aromatic rings. The van der Waals surface area contributed by atoms with E-state index < -0.39 is 0 Å². The van der Waals surface area contributed by atoms with E-state index in [4.69, 9.17) is 21.1 Å². The van der Waals surface area contributed by atoms with Crippen LogP contribution in [-0.2, 0) is 20.7 Å². The number of nitrogens with one attached hydrogen (secondary N) is 1. The smallest absolute Gasteiger partial charge is 0.239 e. The Morgan fingerprint density at radius 2 is 2.04 bits per heavy atom. The van der Waals surface area contributed by atoms with Crippen LogP contribution in [0.1, 0.15) is 37.7 Å². The van der Waals surface area contributed by atoms with Crippen LogP contribution in [0.15, 0.2) is 18.2 Å². The molecule has 0 bridgehead atoms. The number of benzene rings is 1. The zero-order valence-corrected chi connectivity index (χ0v) is 15.2. The fourth-order valence-corrected chi connectivity index (χ4v) is 4.44. The maximum atomic E-state index is 12.5. The minimum atomic E-state index is -0.369. The zero-order valence-electron chi connectivity index (χ0n) is 14.4. The van der Waals surface area contributed by atoms with Crippen LogP contribution in [0.3, 0.4) is 0 Å². The first-order valence-electron chi connectivity index (χ1n) is 9.24. The molecule has 2 heterocycles. The quantitative estimate of drug-likeness (QED) is 0.896. The normalized spacial score (nSPS) is 22.8. The van der Waals surface area contributed by atoms with E-state index in [1.165, 1.54) is 5.56 Å². The molecular formula is C19H25ClN2O3. The summed E-state index contributed by atoms with van der Waals surface area (Å²) in [6.07, 6.45) is 5.64. The van der Waals surface area contributed by atoms with Crippen molar-refractivity contribution in [3.8, 4) is 0 Å². The molecule has 4 rings (SSSR count). The van der Waals surface area contributed by atoms with Gasteiger partial charge in [-0.1, -0.05) is 11.6 Å². The molecule has 0 atom stereocenters. The summed E-state index contributed by atoms with van der Waals surface area (Å²) in [6.45, 7) is 2.70. The maximum absolute atomic E-state index is 12.5. The maximum Gasteiger partial charge on any atom is 0.239 e. The van der Waals surface area contributed by atoms with Gasteiger partial charge in [0.2, 0.25) is 5.91 Å². The summed E-state index contributed by atoms with van der Waals surface area (Å²) in [5.41, 5.74) is 2.38. The number of carbonyl (C=O) groups is 1. The summed E-state index contributed by atoms with van der Waals surface area (Å²) in [4.78, 5) is 14.7. The van der Waals surface area contributed by atoms with Crippen molar-refractivity contribution in [2.75, 3.05) is 31.2 Å². The number of halogens is 1. The van der Waals surface area contributed by atoms with Crippen molar-refractivity contribution in [3.63, 3.8) is 0 Å². The lowest BCUT2D eigenvalue weighted by Gasteiger charge is -2.36. The van der Waals surface area contributed by atoms with Gasteiger partial charge < -0.3 is 19.7 Å². The van der Waals surface area contributed by atoms with Gasteiger partial charge in [-0.25, -0.2) is 0 Å². The Balaban J connectivity index is 1.31. The summed E-state index contributed by atoms with van der Waals surface area (Å²) >= 11 is 6.09. The molecule has 1 N–H and O–H groups in total. The van der Waals surface area contributed by atoms with Crippen molar-refractivity contribution in [1.82, 2.24) is 5.32 Å². The SMILES string of the molecule is O=C(CN1CCCc2cc(Cl)ccc21)NC1CCC2(CC1)OCCO2. The first-order chi connectivity index (χ1) is 12.1. The Kier molecular flexibility index (Phi) is 4.89. The molecule has 0 aromatic heterocycles. The fourth-order valence-electron chi connectivity index (χ4n) is 4.24. The van der Waals surface area contributed by atoms with Crippen LogP contribution >= 0.6 is 11.6 Å². The molecule has 0 radical (unpaired) electrons. The number of ether oxygens (including phenoxy) is 2. The number of aryl methyl sites for hydroxylation is 1. The number of nitrogens with zero attached hydrogens (tertiary/aromatic N) is 1. The van der Waals surface area contributed by atoms with Gasteiger partial charge in [0.25, 0.3) is 0 Å². The van der Waals surface area contributed by atoms with Crippen molar-refractivity contribution >= 4 is 23.2 Å². The lowest BCUT2D eigenvalue weighted by molar-refractivity contribution is -0.180. The standard InChI is InChI=1S/C19H25ClN2O3/c20-15-3-4-17-14(12-15)2-1-9-22(17)13-18(23)21-16-5-7-19(8-6-16)24-10-11-25-19/h3-4,12,16H,1-2,5-11,13H2,(H,21,23). The first kappa shape index (κ1) is 17.1. The minimum Gasteiger partial charge on any atom is -0.362 e. The molecule has 1 saturated carbocycles. The van der Waals surface area contributed by atoms with Crippen molar-refractivity contribution in [2.45, 2.75) is 50.4 Å². The number of carbonyl (C=O) groups excluding carboxylic acids is 1. The van der Waals surface area contributed by atoms with Crippen LogP contribution in [0.5, 0.6) is 0 Å². The molecule has 3 aliphatic rings. The lowest BCUT2D eigenvalue weighted by atomic mass is 9.90. The number of amides is 1. The third kappa shape index (κ3) is 3.78. The van der Waals surface area contributed by atoms with E-state index in [0.29, 0.717) is 19.8 Å². The first-order valence-corrected chi connectivity index (χ1v) is 9.62. The van der Waals surface area contributed by atoms with Crippen molar-refractivity contribution in [2.24, 2.45) is 0 Å². The second kappa shape index (κ2) is 7.14. The van der Waals surface area contributed by atoms with E-state index in [1.807, 2.05) is 18.2 Å². The Hall–Kier alpha value is -1.30. The second-order valence-electron chi connectivity index (χ2n) is 7.25. The van der Waals surface area contributed by atoms with E-state index in [9.17, 15) is 4.79 Å². The highest BCUT2D eigenvalue weighted by molar-refractivity contribution is 6.30. The van der Waals surface area contributed by atoms with Gasteiger partial charge in [-0.15, -0.1) is 0 Å². The highest BCUT2D eigenvalue weighted by Crippen LogP contribution is 2.35. The molecule has 25 heavy (non-hydrogen) atoms. The van der Waals surface area contributed by atoms with Gasteiger partial charge in [0.15, 0.2) is 5.79 Å². The van der Waals surface area contributed by atoms with Crippen LogP contribution in [0, 0.1) is 0 Å². The molecule has 2 fully saturated rings. The average molecular weight is 365 g/mol. The van der Waals surface area contributed by atoms with Crippen molar-refractivity contribution < 1.29 is 14.3 Å². The van der Waals surface area contributed by atoms with Gasteiger partial charge in [-0.3, -0.25) is 4.79 Å². The second-order valence-corrected chi connectivity index (χ2v) is 7.68. The van der Waals surface area contributed by atoms with Crippen molar-refractivity contribution in [3.05, 3.63) is 28.8 Å². The van der Waals surface area contributed by atoms with Gasteiger partial charge in [0, 0.05) is 36.1 Å². The van der Waals surface area contributed by atoms with Gasteiger partial charge >= 0.3 is 0 Å². The third-order valence-electron chi connectivity index (χ3n) is 5.52. The molecule has 1 spiro atoms. The molecule has 1 aliphatic carbocycles. The molecule has 5 nitrogen and oxygen atoms in total. The highest BCUT2D eigenvalue weighted by Gasteiger charge is 2.40. The van der Waals surface area contributed by atoms with Crippen LogP contribution in [-0.4, -0.2) is 44.0 Å². The Morgan fingerprint density at radius 1 is 1.28 bits per heavy atom. The molecule has 2 aliphatic heterocycles. The Labute approximate surface area is 153 Å². The molecule has 0 unspecified atom stereocenters. The highest BCUT2D eigenvalue weighted by atomic mass is 35.5. The summed E-state index contributed by atoms with van der Waals surface area (Å²) in [7, 11) is 0. The number of fused-ring (bicyclic) bond motifs is 1. The van der Waals surface area contributed by atoms with E-state index in [0.717, 1.165) is 55.8 Å². The Morgan fingerprint density at radius 3 is 2.80 bits per heavy atom. The molecule has 1 aromatic carbocycles.